The van der Waals surface area contributed by atoms with Crippen LogP contribution in [0.4, 0.5) is 4.39 Å². The van der Waals surface area contributed by atoms with Gasteiger partial charge in [0, 0.05) is 38.2 Å². The van der Waals surface area contributed by atoms with Crippen LogP contribution in [-0.4, -0.2) is 62.9 Å². The maximum atomic E-state index is 13.9. The van der Waals surface area contributed by atoms with Crippen LogP contribution in [0.15, 0.2) is 18.2 Å². The molecule has 0 bridgehead atoms. The van der Waals surface area contributed by atoms with Gasteiger partial charge in [-0.1, -0.05) is 17.7 Å². The third-order valence-corrected chi connectivity index (χ3v) is 5.00. The van der Waals surface area contributed by atoms with Gasteiger partial charge in [-0.05, 0) is 18.6 Å². The molecular formula is C17H22ClFN2O3. The molecule has 24 heavy (non-hydrogen) atoms. The second-order valence-electron chi connectivity index (χ2n) is 6.15. The number of halogens is 2. The average molecular weight is 357 g/mol. The van der Waals surface area contributed by atoms with Crippen molar-refractivity contribution in [2.75, 3.05) is 46.1 Å². The topological polar surface area (TPSA) is 50.8 Å². The summed E-state index contributed by atoms with van der Waals surface area (Å²) in [4.78, 5) is 14.7. The Balaban J connectivity index is 1.67. The minimum Gasteiger partial charge on any atom is -0.381 e. The molecule has 1 aromatic rings. The number of carbonyl (C=O) groups is 1. The SMILES string of the molecule is O=C(NC[C@H]([C@@H]1CCOC1)N1CCOCC1)c1c(F)cccc1Cl. The van der Waals surface area contributed by atoms with E-state index in [2.05, 4.69) is 10.2 Å². The molecule has 0 saturated carbocycles. The summed E-state index contributed by atoms with van der Waals surface area (Å²) < 4.78 is 24.8. The summed E-state index contributed by atoms with van der Waals surface area (Å²) in [5.74, 6) is -0.720. The molecule has 0 spiro atoms. The lowest BCUT2D eigenvalue weighted by Crippen LogP contribution is -2.52. The van der Waals surface area contributed by atoms with Crippen molar-refractivity contribution in [1.29, 1.82) is 0 Å². The minimum absolute atomic E-state index is 0.0948. The fraction of sp³-hybridized carbons (Fsp3) is 0.588. The number of rotatable bonds is 5. The molecule has 2 fully saturated rings. The lowest BCUT2D eigenvalue weighted by atomic mass is 9.96. The number of carbonyl (C=O) groups excluding carboxylic acids is 1. The van der Waals surface area contributed by atoms with E-state index in [1.165, 1.54) is 18.2 Å². The standard InChI is InChI=1S/C17H22ClFN2O3/c18-13-2-1-3-14(19)16(13)17(22)20-10-15(12-4-7-24-11-12)21-5-8-23-9-6-21/h1-3,12,15H,4-11H2,(H,20,22)/t12-,15-/m1/s1. The molecule has 132 valence electrons. The molecule has 2 heterocycles. The van der Waals surface area contributed by atoms with E-state index in [0.717, 1.165) is 26.1 Å². The van der Waals surface area contributed by atoms with Gasteiger partial charge in [-0.15, -0.1) is 0 Å². The highest BCUT2D eigenvalue weighted by molar-refractivity contribution is 6.33. The molecule has 2 atom stereocenters. The van der Waals surface area contributed by atoms with Gasteiger partial charge in [0.2, 0.25) is 0 Å². The predicted molar refractivity (Wildman–Crippen MR) is 88.8 cm³/mol. The summed E-state index contributed by atoms with van der Waals surface area (Å²) >= 11 is 5.97. The van der Waals surface area contributed by atoms with E-state index < -0.39 is 11.7 Å². The lowest BCUT2D eigenvalue weighted by Gasteiger charge is -2.37. The van der Waals surface area contributed by atoms with Crippen LogP contribution in [0.2, 0.25) is 5.02 Å². The van der Waals surface area contributed by atoms with Crippen LogP contribution in [0.3, 0.4) is 0 Å². The van der Waals surface area contributed by atoms with Crippen LogP contribution >= 0.6 is 11.6 Å². The Bertz CT molecular complexity index is 555. The van der Waals surface area contributed by atoms with Crippen molar-refractivity contribution in [1.82, 2.24) is 10.2 Å². The van der Waals surface area contributed by atoms with Crippen LogP contribution in [0.1, 0.15) is 16.8 Å². The highest BCUT2D eigenvalue weighted by atomic mass is 35.5. The summed E-state index contributed by atoms with van der Waals surface area (Å²) in [5, 5.41) is 2.98. The molecule has 2 aliphatic rings. The summed E-state index contributed by atoms with van der Waals surface area (Å²) in [6.45, 7) is 4.93. The minimum atomic E-state index is -0.605. The van der Waals surface area contributed by atoms with Gasteiger partial charge in [-0.25, -0.2) is 4.39 Å². The number of nitrogens with one attached hydrogen (secondary N) is 1. The smallest absolute Gasteiger partial charge is 0.255 e. The van der Waals surface area contributed by atoms with Crippen LogP contribution in [0.25, 0.3) is 0 Å². The number of hydrogen-bond acceptors (Lipinski definition) is 4. The van der Waals surface area contributed by atoms with Gasteiger partial charge in [0.15, 0.2) is 0 Å². The summed E-state index contributed by atoms with van der Waals surface area (Å²) in [6, 6.07) is 4.40. The molecule has 0 aliphatic carbocycles. The van der Waals surface area contributed by atoms with Crippen LogP contribution in [0.5, 0.6) is 0 Å². The van der Waals surface area contributed by atoms with Gasteiger partial charge in [-0.2, -0.15) is 0 Å². The van der Waals surface area contributed by atoms with E-state index in [1.807, 2.05) is 0 Å². The van der Waals surface area contributed by atoms with E-state index in [9.17, 15) is 9.18 Å². The van der Waals surface area contributed by atoms with E-state index in [0.29, 0.717) is 32.3 Å². The van der Waals surface area contributed by atoms with Gasteiger partial charge >= 0.3 is 0 Å². The van der Waals surface area contributed by atoms with Crippen molar-refractivity contribution in [3.8, 4) is 0 Å². The number of ether oxygens (including phenoxy) is 2. The molecule has 2 saturated heterocycles. The van der Waals surface area contributed by atoms with Crippen molar-refractivity contribution in [2.24, 2.45) is 5.92 Å². The van der Waals surface area contributed by atoms with Gasteiger partial charge in [0.05, 0.1) is 30.4 Å². The zero-order valence-corrected chi connectivity index (χ0v) is 14.2. The zero-order valence-electron chi connectivity index (χ0n) is 13.5. The quantitative estimate of drug-likeness (QED) is 0.876. The third-order valence-electron chi connectivity index (χ3n) is 4.69. The summed E-state index contributed by atoms with van der Waals surface area (Å²) in [6.07, 6.45) is 0.971. The molecule has 1 aromatic carbocycles. The van der Waals surface area contributed by atoms with E-state index >= 15 is 0 Å². The Kier molecular flexibility index (Phi) is 6.05. The fourth-order valence-corrected chi connectivity index (χ4v) is 3.61. The average Bonchev–Trinajstić information content (AvgIpc) is 3.10. The molecule has 3 rings (SSSR count). The fourth-order valence-electron chi connectivity index (χ4n) is 3.36. The summed E-state index contributed by atoms with van der Waals surface area (Å²) in [7, 11) is 0. The Hall–Kier alpha value is -1.21. The highest BCUT2D eigenvalue weighted by Gasteiger charge is 2.32. The first-order valence-corrected chi connectivity index (χ1v) is 8.66. The molecule has 7 heteroatoms. The largest absolute Gasteiger partial charge is 0.381 e. The first-order chi connectivity index (χ1) is 11.7. The highest BCUT2D eigenvalue weighted by Crippen LogP contribution is 2.23. The normalized spacial score (nSPS) is 23.2. The van der Waals surface area contributed by atoms with Crippen molar-refractivity contribution < 1.29 is 18.7 Å². The van der Waals surface area contributed by atoms with E-state index in [1.54, 1.807) is 0 Å². The molecule has 0 aromatic heterocycles. The number of nitrogens with zero attached hydrogens (tertiary/aromatic N) is 1. The second-order valence-corrected chi connectivity index (χ2v) is 6.55. The molecule has 1 amide bonds. The second kappa shape index (κ2) is 8.25. The molecule has 2 aliphatic heterocycles. The van der Waals surface area contributed by atoms with Crippen molar-refractivity contribution in [3.05, 3.63) is 34.6 Å². The Morgan fingerprint density at radius 3 is 2.79 bits per heavy atom. The van der Waals surface area contributed by atoms with Crippen molar-refractivity contribution >= 4 is 17.5 Å². The molecule has 5 nitrogen and oxygen atoms in total. The molecular weight excluding hydrogens is 335 g/mol. The molecule has 0 radical (unpaired) electrons. The van der Waals surface area contributed by atoms with Crippen molar-refractivity contribution in [2.45, 2.75) is 12.5 Å². The Labute approximate surface area is 146 Å². The Morgan fingerprint density at radius 1 is 1.33 bits per heavy atom. The zero-order chi connectivity index (χ0) is 16.9. The summed E-state index contributed by atoms with van der Waals surface area (Å²) in [5.41, 5.74) is -0.0948. The number of amides is 1. The van der Waals surface area contributed by atoms with Gasteiger partial charge < -0.3 is 14.8 Å². The van der Waals surface area contributed by atoms with Gasteiger partial charge in [0.25, 0.3) is 5.91 Å². The van der Waals surface area contributed by atoms with Crippen LogP contribution in [-0.2, 0) is 9.47 Å². The molecule has 1 N–H and O–H groups in total. The lowest BCUT2D eigenvalue weighted by molar-refractivity contribution is 0.00165. The Morgan fingerprint density at radius 2 is 2.12 bits per heavy atom. The van der Waals surface area contributed by atoms with Gasteiger partial charge in [-0.3, -0.25) is 9.69 Å². The first-order valence-electron chi connectivity index (χ1n) is 8.28. The number of morpholine rings is 1. The van der Waals surface area contributed by atoms with Crippen LogP contribution in [0, 0.1) is 11.7 Å². The van der Waals surface area contributed by atoms with E-state index in [-0.39, 0.29) is 16.6 Å². The monoisotopic (exact) mass is 356 g/mol. The van der Waals surface area contributed by atoms with Crippen molar-refractivity contribution in [3.63, 3.8) is 0 Å². The number of benzene rings is 1. The maximum absolute atomic E-state index is 13.9. The first kappa shape index (κ1) is 17.6. The van der Waals surface area contributed by atoms with Gasteiger partial charge in [0.1, 0.15) is 5.82 Å². The van der Waals surface area contributed by atoms with E-state index in [4.69, 9.17) is 21.1 Å². The third kappa shape index (κ3) is 4.06. The maximum Gasteiger partial charge on any atom is 0.255 e. The molecule has 0 unspecified atom stereocenters. The number of hydrogen-bond donors (Lipinski definition) is 1. The van der Waals surface area contributed by atoms with Crippen LogP contribution < -0.4 is 5.32 Å². The predicted octanol–water partition coefficient (Wildman–Crippen LogP) is 1.95.